The highest BCUT2D eigenvalue weighted by molar-refractivity contribution is 7.90. The van der Waals surface area contributed by atoms with Crippen LogP contribution in [0.5, 0.6) is 0 Å². The molecule has 0 fully saturated rings. The van der Waals surface area contributed by atoms with Crippen LogP contribution in [0, 0.1) is 29.9 Å². The summed E-state index contributed by atoms with van der Waals surface area (Å²) in [6, 6.07) is 26.7. The maximum Gasteiger partial charge on any atom is 0.335 e. The zero-order valence-electron chi connectivity index (χ0n) is 23.4. The number of benzene rings is 5. The fourth-order valence-corrected chi connectivity index (χ4v) is 7.23. The minimum atomic E-state index is -4.37. The normalized spacial score (nSPS) is 11.4. The highest BCUT2D eigenvalue weighted by Crippen LogP contribution is 2.45. The van der Waals surface area contributed by atoms with E-state index in [2.05, 4.69) is 0 Å². The molecule has 0 aliphatic heterocycles. The highest BCUT2D eigenvalue weighted by atomic mass is 35.5. The summed E-state index contributed by atoms with van der Waals surface area (Å²) < 4.78 is 59.9. The fourth-order valence-electron chi connectivity index (χ4n) is 5.40. The Hall–Kier alpha value is -5.30. The Morgan fingerprint density at radius 1 is 0.867 bits per heavy atom. The number of aromatic nitrogens is 1. The van der Waals surface area contributed by atoms with Crippen molar-refractivity contribution < 1.29 is 27.1 Å². The molecule has 0 unspecified atom stereocenters. The van der Waals surface area contributed by atoms with E-state index in [-0.39, 0.29) is 48.8 Å². The van der Waals surface area contributed by atoms with Gasteiger partial charge in [0.2, 0.25) is 0 Å². The van der Waals surface area contributed by atoms with Crippen molar-refractivity contribution in [2.24, 2.45) is 0 Å². The van der Waals surface area contributed by atoms with Gasteiger partial charge in [-0.1, -0.05) is 65.7 Å². The molecule has 1 heterocycles. The van der Waals surface area contributed by atoms with Crippen molar-refractivity contribution in [3.63, 3.8) is 0 Å². The summed E-state index contributed by atoms with van der Waals surface area (Å²) in [5, 5.41) is 19.6. The van der Waals surface area contributed by atoms with Crippen LogP contribution in [0.4, 0.5) is 8.78 Å². The monoisotopic (exact) mass is 638 g/mol. The van der Waals surface area contributed by atoms with E-state index >= 15 is 4.39 Å². The van der Waals surface area contributed by atoms with Gasteiger partial charge >= 0.3 is 5.97 Å². The Bertz CT molecular complexity index is 2330. The Labute approximate surface area is 262 Å². The summed E-state index contributed by atoms with van der Waals surface area (Å²) in [7, 11) is -4.37. The van der Waals surface area contributed by atoms with Crippen LogP contribution in [0.1, 0.15) is 21.5 Å². The molecule has 5 aromatic carbocycles. The number of nitriles is 1. The molecular weight excluding hydrogens is 618 g/mol. The van der Waals surface area contributed by atoms with E-state index in [9.17, 15) is 28.0 Å². The number of carboxylic acid groups (broad SMARTS) is 1. The SMILES string of the molecule is Cc1ccc(S(=O)(=O)n2c(-c3cccc(-c4ccc(C(=O)O)cc4Cl)c3)c(-c3cccc(F)c3C#N)c3cc(F)ccc32)cc1. The van der Waals surface area contributed by atoms with E-state index in [1.165, 1.54) is 42.5 Å². The third-order valence-electron chi connectivity index (χ3n) is 7.50. The summed E-state index contributed by atoms with van der Waals surface area (Å²) in [4.78, 5) is 11.4. The lowest BCUT2D eigenvalue weighted by Crippen LogP contribution is -2.14. The van der Waals surface area contributed by atoms with Crippen LogP contribution in [-0.2, 0) is 10.0 Å². The summed E-state index contributed by atoms with van der Waals surface area (Å²) >= 11 is 6.48. The van der Waals surface area contributed by atoms with Crippen molar-refractivity contribution in [3.8, 4) is 39.6 Å². The summed E-state index contributed by atoms with van der Waals surface area (Å²) in [5.74, 6) is -2.63. The molecule has 0 atom stereocenters. The number of halogens is 3. The van der Waals surface area contributed by atoms with Crippen LogP contribution in [0.2, 0.25) is 5.02 Å². The average molecular weight is 639 g/mol. The lowest BCUT2D eigenvalue weighted by atomic mass is 9.93. The minimum absolute atomic E-state index is 0.0105. The van der Waals surface area contributed by atoms with E-state index in [4.69, 9.17) is 11.6 Å². The van der Waals surface area contributed by atoms with Gasteiger partial charge in [0.05, 0.1) is 27.2 Å². The molecule has 1 N–H and O–H groups in total. The number of carboxylic acids is 1. The number of aryl methyl sites for hydroxylation is 1. The molecule has 0 bridgehead atoms. The number of nitrogens with zero attached hydrogens (tertiary/aromatic N) is 2. The molecule has 0 amide bonds. The zero-order chi connectivity index (χ0) is 32.0. The lowest BCUT2D eigenvalue weighted by Gasteiger charge is -2.16. The van der Waals surface area contributed by atoms with Crippen LogP contribution in [-0.4, -0.2) is 23.5 Å². The molecule has 0 saturated carbocycles. The van der Waals surface area contributed by atoms with E-state index in [1.807, 2.05) is 13.0 Å². The van der Waals surface area contributed by atoms with Crippen molar-refractivity contribution in [1.82, 2.24) is 3.97 Å². The maximum absolute atomic E-state index is 15.0. The van der Waals surface area contributed by atoms with Gasteiger partial charge in [0, 0.05) is 32.7 Å². The standard InChI is InChI=1S/C35H21ClF2N2O4S/c1-20-8-12-25(13-9-20)45(43,44)40-32-15-11-24(37)18-28(32)33(27-6-3-7-31(38)29(27)19-39)34(40)22-5-2-4-21(16-22)26-14-10-23(35(41)42)17-30(26)36/h2-18H,1H3,(H,41,42). The van der Waals surface area contributed by atoms with Crippen molar-refractivity contribution in [1.29, 1.82) is 5.26 Å². The molecule has 10 heteroatoms. The predicted octanol–water partition coefficient (Wildman–Crippen LogP) is 8.69. The fraction of sp³-hybridized carbons (Fsp3) is 0.0286. The van der Waals surface area contributed by atoms with Gasteiger partial charge in [-0.15, -0.1) is 0 Å². The molecule has 6 nitrogen and oxygen atoms in total. The topological polar surface area (TPSA) is 100 Å². The van der Waals surface area contributed by atoms with E-state index in [1.54, 1.807) is 42.5 Å². The first-order chi connectivity index (χ1) is 21.5. The second-order valence-electron chi connectivity index (χ2n) is 10.3. The van der Waals surface area contributed by atoms with Gasteiger partial charge in [-0.3, -0.25) is 0 Å². The Morgan fingerprint density at radius 2 is 1.58 bits per heavy atom. The van der Waals surface area contributed by atoms with Gasteiger partial charge in [-0.05, 0) is 67.1 Å². The highest BCUT2D eigenvalue weighted by Gasteiger charge is 2.30. The van der Waals surface area contributed by atoms with Crippen LogP contribution in [0.25, 0.3) is 44.4 Å². The summed E-state index contributed by atoms with van der Waals surface area (Å²) in [6.07, 6.45) is 0. The second kappa shape index (κ2) is 11.3. The zero-order valence-corrected chi connectivity index (χ0v) is 25.0. The van der Waals surface area contributed by atoms with Gasteiger partial charge in [-0.25, -0.2) is 26.0 Å². The molecule has 0 spiro atoms. The number of aromatic carboxylic acids is 1. The van der Waals surface area contributed by atoms with Crippen molar-refractivity contribution >= 4 is 38.5 Å². The summed E-state index contributed by atoms with van der Waals surface area (Å²) in [5.41, 5.74) is 2.23. The number of fused-ring (bicyclic) bond motifs is 1. The number of hydrogen-bond donors (Lipinski definition) is 1. The minimum Gasteiger partial charge on any atom is -0.478 e. The molecular formula is C35H21ClF2N2O4S. The van der Waals surface area contributed by atoms with Gasteiger partial charge < -0.3 is 5.11 Å². The van der Waals surface area contributed by atoms with Gasteiger partial charge in [0.1, 0.15) is 17.7 Å². The first-order valence-corrected chi connectivity index (χ1v) is 15.3. The average Bonchev–Trinajstić information content (AvgIpc) is 3.36. The molecule has 0 saturated heterocycles. The molecule has 0 aliphatic rings. The number of rotatable bonds is 6. The predicted molar refractivity (Wildman–Crippen MR) is 169 cm³/mol. The molecule has 6 rings (SSSR count). The Balaban J connectivity index is 1.75. The molecule has 0 aliphatic carbocycles. The second-order valence-corrected chi connectivity index (χ2v) is 12.5. The van der Waals surface area contributed by atoms with E-state index < -0.39 is 27.6 Å². The van der Waals surface area contributed by atoms with E-state index in [0.717, 1.165) is 27.7 Å². The van der Waals surface area contributed by atoms with Gasteiger partial charge in [0.25, 0.3) is 10.0 Å². The van der Waals surface area contributed by atoms with Crippen molar-refractivity contribution in [2.75, 3.05) is 0 Å². The number of carbonyl (C=O) groups is 1. The quantitative estimate of drug-likeness (QED) is 0.197. The number of hydrogen-bond acceptors (Lipinski definition) is 4. The van der Waals surface area contributed by atoms with Crippen molar-refractivity contribution in [2.45, 2.75) is 11.8 Å². The molecule has 0 radical (unpaired) electrons. The maximum atomic E-state index is 15.0. The van der Waals surface area contributed by atoms with Gasteiger partial charge in [0.15, 0.2) is 0 Å². The van der Waals surface area contributed by atoms with Crippen LogP contribution in [0.15, 0.2) is 108 Å². The Kier molecular flexibility index (Phi) is 7.49. The third-order valence-corrected chi connectivity index (χ3v) is 9.54. The van der Waals surface area contributed by atoms with Crippen LogP contribution >= 0.6 is 11.6 Å². The molecule has 1 aromatic heterocycles. The third kappa shape index (κ3) is 5.14. The van der Waals surface area contributed by atoms with Crippen molar-refractivity contribution in [3.05, 3.63) is 136 Å². The summed E-state index contributed by atoms with van der Waals surface area (Å²) in [6.45, 7) is 1.82. The largest absolute Gasteiger partial charge is 0.478 e. The molecule has 45 heavy (non-hydrogen) atoms. The van der Waals surface area contributed by atoms with Crippen LogP contribution in [0.3, 0.4) is 0 Å². The van der Waals surface area contributed by atoms with Crippen LogP contribution < -0.4 is 0 Å². The van der Waals surface area contributed by atoms with Gasteiger partial charge in [-0.2, -0.15) is 5.26 Å². The first kappa shape index (κ1) is 29.8. The smallest absolute Gasteiger partial charge is 0.335 e. The lowest BCUT2D eigenvalue weighted by molar-refractivity contribution is 0.0697. The Morgan fingerprint density at radius 3 is 2.27 bits per heavy atom. The first-order valence-electron chi connectivity index (χ1n) is 13.5. The van der Waals surface area contributed by atoms with E-state index in [0.29, 0.717) is 16.7 Å². The molecule has 6 aromatic rings. The molecule has 222 valence electrons.